The molecule has 1 fully saturated rings. The normalized spacial score (nSPS) is 17.8. The molecular weight excluding hydrogens is 378 g/mol. The number of aryl methyl sites for hydroxylation is 1. The molecule has 5 nitrogen and oxygen atoms in total. The van der Waals surface area contributed by atoms with Gasteiger partial charge in [0.05, 0.1) is 4.90 Å². The van der Waals surface area contributed by atoms with Crippen molar-refractivity contribution in [3.05, 3.63) is 28.2 Å². The van der Waals surface area contributed by atoms with E-state index in [-0.39, 0.29) is 0 Å². The maximum absolute atomic E-state index is 12.8. The van der Waals surface area contributed by atoms with Gasteiger partial charge in [-0.1, -0.05) is 15.9 Å². The monoisotopic (exact) mass is 403 g/mol. The SMILES string of the molecule is Cc1cc(Br)ccc1S(=O)(=O)N1CCN(CCCN(C)C)CC1. The number of halogens is 1. The van der Waals surface area contributed by atoms with Gasteiger partial charge in [-0.2, -0.15) is 4.31 Å². The van der Waals surface area contributed by atoms with Crippen molar-refractivity contribution in [3.63, 3.8) is 0 Å². The predicted octanol–water partition coefficient (Wildman–Crippen LogP) is 2.02. The first-order chi connectivity index (χ1) is 10.8. The molecule has 1 aromatic carbocycles. The first kappa shape index (κ1) is 18.9. The summed E-state index contributed by atoms with van der Waals surface area (Å²) in [5.74, 6) is 0. The Kier molecular flexibility index (Phi) is 6.62. The molecule has 0 atom stereocenters. The minimum atomic E-state index is -3.39. The molecule has 0 unspecified atom stereocenters. The first-order valence-electron chi connectivity index (χ1n) is 7.94. The van der Waals surface area contributed by atoms with Gasteiger partial charge in [-0.05, 0) is 64.3 Å². The Labute approximate surface area is 148 Å². The lowest BCUT2D eigenvalue weighted by atomic mass is 10.2. The number of benzene rings is 1. The van der Waals surface area contributed by atoms with Crippen LogP contribution < -0.4 is 0 Å². The van der Waals surface area contributed by atoms with Crippen LogP contribution >= 0.6 is 15.9 Å². The van der Waals surface area contributed by atoms with E-state index in [0.717, 1.165) is 42.6 Å². The van der Waals surface area contributed by atoms with E-state index in [9.17, 15) is 8.42 Å². The van der Waals surface area contributed by atoms with Crippen LogP contribution in [-0.2, 0) is 10.0 Å². The van der Waals surface area contributed by atoms with Gasteiger partial charge in [0, 0.05) is 30.7 Å². The van der Waals surface area contributed by atoms with Gasteiger partial charge in [-0.25, -0.2) is 8.42 Å². The van der Waals surface area contributed by atoms with Crippen molar-refractivity contribution in [2.24, 2.45) is 0 Å². The highest BCUT2D eigenvalue weighted by Gasteiger charge is 2.29. The maximum Gasteiger partial charge on any atom is 0.243 e. The van der Waals surface area contributed by atoms with Crippen molar-refractivity contribution in [1.29, 1.82) is 0 Å². The molecule has 0 spiro atoms. The molecule has 130 valence electrons. The summed E-state index contributed by atoms with van der Waals surface area (Å²) in [6, 6.07) is 5.33. The quantitative estimate of drug-likeness (QED) is 0.728. The summed E-state index contributed by atoms with van der Waals surface area (Å²) >= 11 is 3.38. The molecule has 2 rings (SSSR count). The third-order valence-electron chi connectivity index (χ3n) is 4.17. The zero-order valence-electron chi connectivity index (χ0n) is 14.1. The van der Waals surface area contributed by atoms with E-state index >= 15 is 0 Å². The van der Waals surface area contributed by atoms with Crippen LogP contribution in [0.4, 0.5) is 0 Å². The summed E-state index contributed by atoms with van der Waals surface area (Å²) in [6.45, 7) is 6.69. The zero-order valence-corrected chi connectivity index (χ0v) is 16.5. The van der Waals surface area contributed by atoms with Crippen LogP contribution in [-0.4, -0.2) is 75.9 Å². The minimum Gasteiger partial charge on any atom is -0.309 e. The Morgan fingerprint density at radius 3 is 2.39 bits per heavy atom. The van der Waals surface area contributed by atoms with Crippen LogP contribution in [0.25, 0.3) is 0 Å². The lowest BCUT2D eigenvalue weighted by Crippen LogP contribution is -2.49. The maximum atomic E-state index is 12.8. The van der Waals surface area contributed by atoms with E-state index in [1.807, 2.05) is 13.0 Å². The Hall–Kier alpha value is -0.470. The van der Waals surface area contributed by atoms with Gasteiger partial charge in [0.2, 0.25) is 10.0 Å². The van der Waals surface area contributed by atoms with E-state index < -0.39 is 10.0 Å². The Balaban J connectivity index is 1.96. The van der Waals surface area contributed by atoms with E-state index in [0.29, 0.717) is 18.0 Å². The second-order valence-corrected chi connectivity index (χ2v) is 9.13. The number of rotatable bonds is 6. The molecule has 0 aliphatic carbocycles. The molecule has 0 aromatic heterocycles. The topological polar surface area (TPSA) is 43.9 Å². The van der Waals surface area contributed by atoms with Gasteiger partial charge < -0.3 is 9.80 Å². The molecule has 0 amide bonds. The van der Waals surface area contributed by atoms with E-state index in [1.54, 1.807) is 16.4 Å². The van der Waals surface area contributed by atoms with E-state index in [1.165, 1.54) is 0 Å². The van der Waals surface area contributed by atoms with Crippen LogP contribution in [0.1, 0.15) is 12.0 Å². The van der Waals surface area contributed by atoms with Crippen LogP contribution in [0.2, 0.25) is 0 Å². The Bertz CT molecular complexity index is 626. The van der Waals surface area contributed by atoms with Crippen molar-refractivity contribution in [3.8, 4) is 0 Å². The molecule has 7 heteroatoms. The molecule has 0 bridgehead atoms. The molecular formula is C16H26BrN3O2S. The van der Waals surface area contributed by atoms with Gasteiger partial charge >= 0.3 is 0 Å². The second kappa shape index (κ2) is 8.07. The standard InChI is InChI=1S/C16H26BrN3O2S/c1-14-13-15(17)5-6-16(14)23(21,22)20-11-9-19(10-12-20)8-4-7-18(2)3/h5-6,13H,4,7-12H2,1-3H3. The van der Waals surface area contributed by atoms with Crippen molar-refractivity contribution in [2.45, 2.75) is 18.2 Å². The van der Waals surface area contributed by atoms with Crippen LogP contribution in [0.15, 0.2) is 27.6 Å². The van der Waals surface area contributed by atoms with Gasteiger partial charge in [0.25, 0.3) is 0 Å². The van der Waals surface area contributed by atoms with Gasteiger partial charge in [-0.3, -0.25) is 0 Å². The highest BCUT2D eigenvalue weighted by atomic mass is 79.9. The summed E-state index contributed by atoms with van der Waals surface area (Å²) in [6.07, 6.45) is 1.12. The molecule has 1 aromatic rings. The van der Waals surface area contributed by atoms with E-state index in [2.05, 4.69) is 39.8 Å². The summed E-state index contributed by atoms with van der Waals surface area (Å²) < 4.78 is 28.1. The molecule has 0 radical (unpaired) electrons. The predicted molar refractivity (Wildman–Crippen MR) is 97.2 cm³/mol. The van der Waals surface area contributed by atoms with Crippen molar-refractivity contribution < 1.29 is 8.42 Å². The molecule has 23 heavy (non-hydrogen) atoms. The molecule has 1 aliphatic rings. The van der Waals surface area contributed by atoms with Crippen molar-refractivity contribution in [1.82, 2.24) is 14.1 Å². The molecule has 1 saturated heterocycles. The molecule has 0 saturated carbocycles. The summed E-state index contributed by atoms with van der Waals surface area (Å²) in [4.78, 5) is 4.95. The first-order valence-corrected chi connectivity index (χ1v) is 10.2. The van der Waals surface area contributed by atoms with Gasteiger partial charge in [0.1, 0.15) is 0 Å². The van der Waals surface area contributed by atoms with Crippen LogP contribution in [0.3, 0.4) is 0 Å². The highest BCUT2D eigenvalue weighted by Crippen LogP contribution is 2.24. The van der Waals surface area contributed by atoms with Crippen molar-refractivity contribution >= 4 is 26.0 Å². The number of nitrogens with zero attached hydrogens (tertiary/aromatic N) is 3. The lowest BCUT2D eigenvalue weighted by molar-refractivity contribution is 0.181. The number of hydrogen-bond acceptors (Lipinski definition) is 4. The van der Waals surface area contributed by atoms with Gasteiger partial charge in [0.15, 0.2) is 0 Å². The number of piperazine rings is 1. The fourth-order valence-electron chi connectivity index (χ4n) is 2.85. The number of sulfonamides is 1. The third-order valence-corrected chi connectivity index (χ3v) is 6.72. The Morgan fingerprint density at radius 1 is 1.17 bits per heavy atom. The highest BCUT2D eigenvalue weighted by molar-refractivity contribution is 9.10. The molecule has 0 N–H and O–H groups in total. The minimum absolute atomic E-state index is 0.418. The summed E-state index contributed by atoms with van der Waals surface area (Å²) in [7, 11) is 0.760. The van der Waals surface area contributed by atoms with Gasteiger partial charge in [-0.15, -0.1) is 0 Å². The zero-order chi connectivity index (χ0) is 17.0. The van der Waals surface area contributed by atoms with Crippen LogP contribution in [0.5, 0.6) is 0 Å². The van der Waals surface area contributed by atoms with E-state index in [4.69, 9.17) is 0 Å². The molecule has 1 aliphatic heterocycles. The second-order valence-electron chi connectivity index (χ2n) is 6.31. The number of hydrogen-bond donors (Lipinski definition) is 0. The fourth-order valence-corrected chi connectivity index (χ4v) is 4.95. The van der Waals surface area contributed by atoms with Crippen LogP contribution in [0, 0.1) is 6.92 Å². The fraction of sp³-hybridized carbons (Fsp3) is 0.625. The van der Waals surface area contributed by atoms with Crippen molar-refractivity contribution in [2.75, 3.05) is 53.4 Å². The smallest absolute Gasteiger partial charge is 0.243 e. The largest absolute Gasteiger partial charge is 0.309 e. The summed E-state index contributed by atoms with van der Waals surface area (Å²) in [5.41, 5.74) is 0.785. The summed E-state index contributed by atoms with van der Waals surface area (Å²) in [5, 5.41) is 0. The molecule has 1 heterocycles. The average Bonchev–Trinajstić information content (AvgIpc) is 2.47. The average molecular weight is 404 g/mol. The third kappa shape index (κ3) is 5.00. The Morgan fingerprint density at radius 2 is 1.83 bits per heavy atom. The lowest BCUT2D eigenvalue weighted by Gasteiger charge is -2.34.